The molecule has 1 saturated heterocycles. The Morgan fingerprint density at radius 2 is 1.80 bits per heavy atom. The molecule has 4 aromatic rings. The number of rotatable bonds is 7. The van der Waals surface area contributed by atoms with Crippen LogP contribution in [0.2, 0.25) is 0 Å². The molecule has 3 heterocycles. The van der Waals surface area contributed by atoms with E-state index in [-0.39, 0.29) is 11.9 Å². The van der Waals surface area contributed by atoms with E-state index < -0.39 is 0 Å². The molecule has 2 N–H and O–H groups in total. The number of fused-ring (bicyclic) bond motifs is 1. The first-order valence-electron chi connectivity index (χ1n) is 13.7. The van der Waals surface area contributed by atoms with Gasteiger partial charge >= 0.3 is 6.03 Å². The van der Waals surface area contributed by atoms with Crippen LogP contribution >= 0.6 is 0 Å². The third kappa shape index (κ3) is 6.00. The summed E-state index contributed by atoms with van der Waals surface area (Å²) in [7, 11) is 5.76. The molecule has 2 aromatic heterocycles. The van der Waals surface area contributed by atoms with Crippen molar-refractivity contribution in [3.63, 3.8) is 0 Å². The highest BCUT2D eigenvalue weighted by atomic mass is 16.2. The summed E-state index contributed by atoms with van der Waals surface area (Å²) in [5, 5.41) is 6.54. The van der Waals surface area contributed by atoms with E-state index in [0.717, 1.165) is 54.9 Å². The lowest BCUT2D eigenvalue weighted by molar-refractivity contribution is 0.102. The fourth-order valence-electron chi connectivity index (χ4n) is 5.11. The third-order valence-corrected chi connectivity index (χ3v) is 7.84. The van der Waals surface area contributed by atoms with Gasteiger partial charge < -0.3 is 25.3 Å². The maximum atomic E-state index is 13.0. The number of carbonyl (C=O) groups excluding carboxylic acids is 2. The van der Waals surface area contributed by atoms with Crippen LogP contribution in [0, 0.1) is 0 Å². The van der Waals surface area contributed by atoms with Crippen molar-refractivity contribution in [2.75, 3.05) is 57.5 Å². The molecule has 1 aliphatic heterocycles. The van der Waals surface area contributed by atoms with Gasteiger partial charge in [0.1, 0.15) is 5.82 Å². The molecule has 40 heavy (non-hydrogen) atoms. The fourth-order valence-corrected chi connectivity index (χ4v) is 5.11. The van der Waals surface area contributed by atoms with Gasteiger partial charge in [0.05, 0.1) is 5.52 Å². The molecule has 9 heteroatoms. The molecule has 208 valence electrons. The summed E-state index contributed by atoms with van der Waals surface area (Å²) in [6.07, 6.45) is 4.41. The summed E-state index contributed by atoms with van der Waals surface area (Å²) >= 11 is 0. The minimum atomic E-state index is -0.191. The summed E-state index contributed by atoms with van der Waals surface area (Å²) in [4.78, 5) is 36.3. The van der Waals surface area contributed by atoms with Crippen LogP contribution in [-0.4, -0.2) is 84.7 Å². The topological polar surface area (TPSA) is 85.7 Å². The van der Waals surface area contributed by atoms with Gasteiger partial charge in [-0.2, -0.15) is 0 Å². The van der Waals surface area contributed by atoms with Crippen molar-refractivity contribution in [3.8, 4) is 0 Å². The van der Waals surface area contributed by atoms with E-state index in [1.807, 2.05) is 72.6 Å². The second kappa shape index (κ2) is 11.9. The Hall–Kier alpha value is -4.21. The van der Waals surface area contributed by atoms with Gasteiger partial charge in [0, 0.05) is 87.1 Å². The Labute approximate surface area is 235 Å². The van der Waals surface area contributed by atoms with Gasteiger partial charge in [-0.15, -0.1) is 0 Å². The number of likely N-dealkylation sites (N-methyl/N-ethyl adjacent to an activating group) is 1. The molecule has 0 aliphatic carbocycles. The zero-order valence-corrected chi connectivity index (χ0v) is 23.6. The van der Waals surface area contributed by atoms with Crippen molar-refractivity contribution in [1.29, 1.82) is 0 Å². The van der Waals surface area contributed by atoms with Crippen molar-refractivity contribution in [3.05, 3.63) is 84.2 Å². The van der Waals surface area contributed by atoms with E-state index >= 15 is 0 Å². The Morgan fingerprint density at radius 3 is 2.55 bits per heavy atom. The van der Waals surface area contributed by atoms with Gasteiger partial charge in [-0.3, -0.25) is 9.36 Å². The summed E-state index contributed by atoms with van der Waals surface area (Å²) in [5.41, 5.74) is 4.49. The van der Waals surface area contributed by atoms with Crippen LogP contribution in [0.15, 0.2) is 73.1 Å². The maximum absolute atomic E-state index is 13.0. The van der Waals surface area contributed by atoms with Crippen molar-refractivity contribution >= 4 is 40.0 Å². The average Bonchev–Trinajstić information content (AvgIpc) is 3.41. The van der Waals surface area contributed by atoms with Crippen molar-refractivity contribution < 1.29 is 9.59 Å². The molecule has 2 aromatic carbocycles. The SMILES string of the molecule is CNC(=O)n1ccc2cc(N(C)c3ccnc(NC(=O)c4ccc(CCN5CCN(C)[C@H](C)C5)cc4)c3)ccc21. The predicted molar refractivity (Wildman–Crippen MR) is 161 cm³/mol. The first-order chi connectivity index (χ1) is 19.3. The van der Waals surface area contributed by atoms with Crippen molar-refractivity contribution in [2.24, 2.45) is 0 Å². The first kappa shape index (κ1) is 27.4. The highest BCUT2D eigenvalue weighted by Crippen LogP contribution is 2.28. The highest BCUT2D eigenvalue weighted by Gasteiger charge is 2.20. The summed E-state index contributed by atoms with van der Waals surface area (Å²) in [5.74, 6) is 0.290. The van der Waals surface area contributed by atoms with Gasteiger partial charge in [-0.1, -0.05) is 12.1 Å². The molecular formula is C31H37N7O2. The molecule has 1 fully saturated rings. The minimum absolute atomic E-state index is 0.180. The van der Waals surface area contributed by atoms with Crippen LogP contribution in [0.25, 0.3) is 10.9 Å². The Kier molecular flexibility index (Phi) is 8.14. The Morgan fingerprint density at radius 1 is 1.02 bits per heavy atom. The zero-order chi connectivity index (χ0) is 28.2. The summed E-state index contributed by atoms with van der Waals surface area (Å²) < 4.78 is 1.58. The van der Waals surface area contributed by atoms with Gasteiger partial charge in [0.2, 0.25) is 0 Å². The van der Waals surface area contributed by atoms with E-state index in [1.165, 1.54) is 5.56 Å². The standard InChI is InChI=1S/C31H37N7O2/c1-22-21-37(18-17-35(22)3)15-12-23-5-7-24(8-6-23)30(39)34-29-20-27(11-14-33-29)36(4)26-9-10-28-25(19-26)13-16-38(28)31(40)32-2/h5-11,13-14,16,19-20,22H,12,15,17-18,21H2,1-4H3,(H,32,40)(H,33,34,39)/t22-/m1/s1. The Balaban J connectivity index is 1.21. The molecule has 9 nitrogen and oxygen atoms in total. The van der Waals surface area contributed by atoms with E-state index in [1.54, 1.807) is 24.0 Å². The highest BCUT2D eigenvalue weighted by molar-refractivity contribution is 6.04. The minimum Gasteiger partial charge on any atom is -0.344 e. The largest absolute Gasteiger partial charge is 0.344 e. The number of nitrogens with zero attached hydrogens (tertiary/aromatic N) is 5. The van der Waals surface area contributed by atoms with Crippen LogP contribution in [0.1, 0.15) is 22.8 Å². The van der Waals surface area contributed by atoms with Gasteiger partial charge in [-0.25, -0.2) is 9.78 Å². The van der Waals surface area contributed by atoms with Gasteiger partial charge in [0.25, 0.3) is 5.91 Å². The number of hydrogen-bond donors (Lipinski definition) is 2. The molecule has 0 unspecified atom stereocenters. The monoisotopic (exact) mass is 539 g/mol. The molecule has 2 amide bonds. The first-order valence-corrected chi connectivity index (χ1v) is 13.7. The van der Waals surface area contributed by atoms with Crippen molar-refractivity contribution in [1.82, 2.24) is 24.7 Å². The number of anilines is 3. The second-order valence-corrected chi connectivity index (χ2v) is 10.5. The number of pyridine rings is 1. The number of nitrogens with one attached hydrogen (secondary N) is 2. The predicted octanol–water partition coefficient (Wildman–Crippen LogP) is 4.42. The number of benzene rings is 2. The number of aromatic nitrogens is 2. The summed E-state index contributed by atoms with van der Waals surface area (Å²) in [6, 6.07) is 19.8. The molecule has 0 bridgehead atoms. The zero-order valence-electron chi connectivity index (χ0n) is 23.6. The maximum Gasteiger partial charge on any atom is 0.325 e. The van der Waals surface area contributed by atoms with Gasteiger partial charge in [0.15, 0.2) is 0 Å². The fraction of sp³-hybridized carbons (Fsp3) is 0.323. The number of hydrogen-bond acceptors (Lipinski definition) is 6. The molecule has 1 atom stereocenters. The van der Waals surface area contributed by atoms with Crippen LogP contribution in [0.4, 0.5) is 22.0 Å². The van der Waals surface area contributed by atoms with Crippen molar-refractivity contribution in [2.45, 2.75) is 19.4 Å². The van der Waals surface area contributed by atoms with Crippen LogP contribution in [0.5, 0.6) is 0 Å². The average molecular weight is 540 g/mol. The normalized spacial score (nSPS) is 16.1. The van der Waals surface area contributed by atoms with Crippen LogP contribution in [0.3, 0.4) is 0 Å². The number of piperazine rings is 1. The quantitative estimate of drug-likeness (QED) is 0.362. The van der Waals surface area contributed by atoms with Gasteiger partial charge in [-0.05, 0) is 68.4 Å². The lowest BCUT2D eigenvalue weighted by Crippen LogP contribution is -2.50. The second-order valence-electron chi connectivity index (χ2n) is 10.5. The lowest BCUT2D eigenvalue weighted by atomic mass is 10.1. The van der Waals surface area contributed by atoms with Crippen LogP contribution in [-0.2, 0) is 6.42 Å². The van der Waals surface area contributed by atoms with E-state index in [9.17, 15) is 9.59 Å². The number of amides is 2. The Bertz CT molecular complexity index is 1500. The molecule has 0 saturated carbocycles. The molecule has 0 spiro atoms. The van der Waals surface area contributed by atoms with E-state index in [0.29, 0.717) is 17.4 Å². The smallest absolute Gasteiger partial charge is 0.325 e. The molecular weight excluding hydrogens is 502 g/mol. The number of carbonyl (C=O) groups is 2. The van der Waals surface area contributed by atoms with Crippen LogP contribution < -0.4 is 15.5 Å². The lowest BCUT2D eigenvalue weighted by Gasteiger charge is -2.37. The molecule has 0 radical (unpaired) electrons. The van der Waals surface area contributed by atoms with E-state index in [2.05, 4.69) is 39.4 Å². The summed E-state index contributed by atoms with van der Waals surface area (Å²) in [6.45, 7) is 6.60. The molecule has 5 rings (SSSR count). The molecule has 1 aliphatic rings. The van der Waals surface area contributed by atoms with E-state index in [4.69, 9.17) is 0 Å². The third-order valence-electron chi connectivity index (χ3n) is 7.84.